The lowest BCUT2D eigenvalue weighted by molar-refractivity contribution is -0.0609. The van der Waals surface area contributed by atoms with E-state index in [4.69, 9.17) is 9.47 Å². The number of carbonyl (C=O) groups excluding carboxylic acids is 2. The number of hydrogen-bond acceptors (Lipinski definition) is 6. The molecule has 0 saturated carbocycles. The Morgan fingerprint density at radius 1 is 1.16 bits per heavy atom. The first kappa shape index (κ1) is 26.0. The fraction of sp³-hybridized carbons (Fsp3) is 0.679. The summed E-state index contributed by atoms with van der Waals surface area (Å²) in [5.74, 6) is -0.0860. The average molecular weight is 512 g/mol. The summed E-state index contributed by atoms with van der Waals surface area (Å²) in [6, 6.07) is 9.09. The molecule has 0 radical (unpaired) electrons. The van der Waals surface area contributed by atoms with Gasteiger partial charge in [-0.15, -0.1) is 0 Å². The normalized spacial score (nSPS) is 26.6. The number of benzene rings is 1. The lowest BCUT2D eigenvalue weighted by Crippen LogP contribution is -2.55. The zero-order chi connectivity index (χ0) is 26.3. The van der Waals surface area contributed by atoms with Crippen LogP contribution in [0.1, 0.15) is 76.8 Å². The summed E-state index contributed by atoms with van der Waals surface area (Å²) in [6.45, 7) is 12.3. The van der Waals surface area contributed by atoms with Crippen LogP contribution in [0.5, 0.6) is 0 Å². The first-order chi connectivity index (χ1) is 17.6. The predicted molar refractivity (Wildman–Crippen MR) is 142 cm³/mol. The lowest BCUT2D eigenvalue weighted by Gasteiger charge is -2.42. The second-order valence-corrected chi connectivity index (χ2v) is 12.0. The van der Waals surface area contributed by atoms with Crippen LogP contribution < -0.4 is 5.32 Å². The van der Waals surface area contributed by atoms with Gasteiger partial charge in [-0.1, -0.05) is 18.2 Å². The predicted octanol–water partition coefficient (Wildman–Crippen LogP) is 3.98. The van der Waals surface area contributed by atoms with Crippen molar-refractivity contribution in [2.45, 2.75) is 96.2 Å². The molecule has 0 aliphatic carbocycles. The van der Waals surface area contributed by atoms with Crippen molar-refractivity contribution < 1.29 is 19.1 Å². The number of piperidine rings is 1. The van der Waals surface area contributed by atoms with E-state index >= 15 is 0 Å². The maximum atomic E-state index is 13.3. The molecular formula is C28H41N5O4. The molecule has 2 unspecified atom stereocenters. The number of morpholine rings is 1. The topological polar surface area (TPSA) is 88.9 Å². The molecule has 1 aromatic carbocycles. The van der Waals surface area contributed by atoms with E-state index < -0.39 is 5.60 Å². The van der Waals surface area contributed by atoms with Crippen LogP contribution in [-0.4, -0.2) is 87.7 Å². The van der Waals surface area contributed by atoms with Crippen molar-refractivity contribution in [1.29, 1.82) is 0 Å². The van der Waals surface area contributed by atoms with E-state index in [1.54, 1.807) is 4.90 Å². The Morgan fingerprint density at radius 3 is 2.54 bits per heavy atom. The third-order valence-corrected chi connectivity index (χ3v) is 7.74. The van der Waals surface area contributed by atoms with Gasteiger partial charge in [0.2, 0.25) is 0 Å². The summed E-state index contributed by atoms with van der Waals surface area (Å²) in [4.78, 5) is 30.2. The molecular weight excluding hydrogens is 470 g/mol. The third kappa shape index (κ3) is 5.62. The fourth-order valence-corrected chi connectivity index (χ4v) is 6.15. The second kappa shape index (κ2) is 10.3. The van der Waals surface area contributed by atoms with Crippen LogP contribution in [0.3, 0.4) is 0 Å². The Balaban J connectivity index is 1.19. The van der Waals surface area contributed by atoms with Crippen LogP contribution in [0.4, 0.5) is 4.79 Å². The van der Waals surface area contributed by atoms with Crippen molar-refractivity contribution in [2.24, 2.45) is 0 Å². The maximum absolute atomic E-state index is 13.3. The van der Waals surface area contributed by atoms with Crippen LogP contribution >= 0.6 is 0 Å². The van der Waals surface area contributed by atoms with E-state index in [0.717, 1.165) is 43.1 Å². The maximum Gasteiger partial charge on any atom is 0.410 e. The van der Waals surface area contributed by atoms with Gasteiger partial charge in [-0.3, -0.25) is 14.4 Å². The molecule has 4 heterocycles. The average Bonchev–Trinajstić information content (AvgIpc) is 3.33. The van der Waals surface area contributed by atoms with Crippen LogP contribution in [0.25, 0.3) is 10.9 Å². The molecule has 1 N–H and O–H groups in total. The molecule has 0 spiro atoms. The number of rotatable bonds is 5. The minimum Gasteiger partial charge on any atom is -0.444 e. The first-order valence-electron chi connectivity index (χ1n) is 13.7. The molecule has 4 atom stereocenters. The number of nitrogens with zero attached hydrogens (tertiary/aromatic N) is 4. The highest BCUT2D eigenvalue weighted by molar-refractivity contribution is 6.05. The van der Waals surface area contributed by atoms with Gasteiger partial charge >= 0.3 is 6.09 Å². The smallest absolute Gasteiger partial charge is 0.410 e. The molecule has 1 aromatic heterocycles. The van der Waals surface area contributed by atoms with E-state index in [9.17, 15) is 9.59 Å². The molecule has 3 aliphatic rings. The van der Waals surface area contributed by atoms with Crippen LogP contribution in [0.15, 0.2) is 24.3 Å². The quantitative estimate of drug-likeness (QED) is 0.653. The van der Waals surface area contributed by atoms with Crippen molar-refractivity contribution in [3.8, 4) is 0 Å². The summed E-state index contributed by atoms with van der Waals surface area (Å²) >= 11 is 0. The number of para-hydroxylation sites is 1. The molecule has 2 aromatic rings. The fourth-order valence-electron chi connectivity index (χ4n) is 6.15. The number of amides is 2. The lowest BCUT2D eigenvalue weighted by atomic mass is 9.96. The minimum atomic E-state index is -0.504. The van der Waals surface area contributed by atoms with Gasteiger partial charge < -0.3 is 19.7 Å². The highest BCUT2D eigenvalue weighted by Crippen LogP contribution is 2.36. The summed E-state index contributed by atoms with van der Waals surface area (Å²) in [6.07, 6.45) is 3.82. The Labute approximate surface area is 219 Å². The van der Waals surface area contributed by atoms with Gasteiger partial charge in [0.25, 0.3) is 5.91 Å². The van der Waals surface area contributed by atoms with Gasteiger partial charge in [-0.25, -0.2) is 4.79 Å². The van der Waals surface area contributed by atoms with Crippen molar-refractivity contribution in [3.05, 3.63) is 30.0 Å². The molecule has 3 saturated heterocycles. The zero-order valence-corrected chi connectivity index (χ0v) is 22.8. The summed E-state index contributed by atoms with van der Waals surface area (Å²) < 4.78 is 13.6. The van der Waals surface area contributed by atoms with Crippen molar-refractivity contribution in [2.75, 3.05) is 26.2 Å². The SMILES string of the molecule is CC(C)n1nc(C(=O)NC2C[C@H]3CC[C@@H](C2)N3CC2CN(C(=O)OC(C)(C)C)CCO2)c2ccccc21. The van der Waals surface area contributed by atoms with E-state index in [1.165, 1.54) is 0 Å². The van der Waals surface area contributed by atoms with Gasteiger partial charge in [0.1, 0.15) is 5.60 Å². The molecule has 202 valence electrons. The minimum absolute atomic E-state index is 0.0260. The third-order valence-electron chi connectivity index (χ3n) is 7.74. The molecule has 37 heavy (non-hydrogen) atoms. The van der Waals surface area contributed by atoms with Crippen molar-refractivity contribution >= 4 is 22.9 Å². The number of nitrogens with one attached hydrogen (secondary N) is 1. The first-order valence-corrected chi connectivity index (χ1v) is 13.7. The number of hydrogen-bond donors (Lipinski definition) is 1. The van der Waals surface area contributed by atoms with Crippen molar-refractivity contribution in [1.82, 2.24) is 24.9 Å². The Bertz CT molecular complexity index is 1130. The van der Waals surface area contributed by atoms with Crippen LogP contribution in [0, 0.1) is 0 Å². The molecule has 9 nitrogen and oxygen atoms in total. The Kier molecular flexibility index (Phi) is 7.20. The Morgan fingerprint density at radius 2 is 1.86 bits per heavy atom. The molecule has 9 heteroatoms. The standard InChI is InChI=1S/C28H41N5O4/c1-18(2)33-24-9-7-6-8-23(24)25(30-33)26(34)29-19-14-20-10-11-21(15-19)32(20)17-22-16-31(12-13-36-22)27(35)37-28(3,4)5/h6-9,18-22H,10-17H2,1-5H3,(H,29,34)/t19?,20-,21+,22?. The van der Waals surface area contributed by atoms with E-state index in [2.05, 4.69) is 29.2 Å². The van der Waals surface area contributed by atoms with E-state index in [1.807, 2.05) is 49.7 Å². The largest absolute Gasteiger partial charge is 0.444 e. The number of aromatic nitrogens is 2. The highest BCUT2D eigenvalue weighted by atomic mass is 16.6. The Hall–Kier alpha value is -2.65. The van der Waals surface area contributed by atoms with E-state index in [-0.39, 0.29) is 30.2 Å². The van der Waals surface area contributed by atoms with Gasteiger partial charge in [-0.05, 0) is 66.4 Å². The van der Waals surface area contributed by atoms with Gasteiger partial charge in [0.15, 0.2) is 5.69 Å². The highest BCUT2D eigenvalue weighted by Gasteiger charge is 2.43. The number of ether oxygens (including phenoxy) is 2. The zero-order valence-electron chi connectivity index (χ0n) is 22.8. The van der Waals surface area contributed by atoms with Crippen LogP contribution in [-0.2, 0) is 9.47 Å². The molecule has 5 rings (SSSR count). The summed E-state index contributed by atoms with van der Waals surface area (Å²) in [7, 11) is 0. The van der Waals surface area contributed by atoms with E-state index in [0.29, 0.717) is 37.5 Å². The number of carbonyl (C=O) groups is 2. The molecule has 2 bridgehead atoms. The summed E-state index contributed by atoms with van der Waals surface area (Å²) in [5, 5.41) is 8.89. The number of fused-ring (bicyclic) bond motifs is 3. The molecule has 3 aliphatic heterocycles. The molecule has 3 fully saturated rings. The van der Waals surface area contributed by atoms with Crippen LogP contribution in [0.2, 0.25) is 0 Å². The second-order valence-electron chi connectivity index (χ2n) is 12.0. The van der Waals surface area contributed by atoms with Gasteiger partial charge in [0.05, 0.1) is 24.8 Å². The summed E-state index contributed by atoms with van der Waals surface area (Å²) in [5.41, 5.74) is 0.998. The van der Waals surface area contributed by atoms with Crippen molar-refractivity contribution in [3.63, 3.8) is 0 Å². The van der Waals surface area contributed by atoms with Gasteiger partial charge in [0, 0.05) is 42.6 Å². The molecule has 2 amide bonds. The monoisotopic (exact) mass is 511 g/mol. The van der Waals surface area contributed by atoms with Gasteiger partial charge in [-0.2, -0.15) is 5.10 Å².